The number of pyridine rings is 1. The molecule has 1 aromatic heterocycles. The van der Waals surface area contributed by atoms with E-state index in [9.17, 15) is 22.4 Å². The molecule has 3 aromatic rings. The van der Waals surface area contributed by atoms with Crippen LogP contribution in [-0.4, -0.2) is 47.0 Å². The summed E-state index contributed by atoms with van der Waals surface area (Å²) in [6.07, 6.45) is -0.860. The number of nitrogens with zero attached hydrogens (tertiary/aromatic N) is 3. The molecule has 0 atom stereocenters. The number of anilines is 1. The van der Waals surface area contributed by atoms with Crippen LogP contribution < -0.4 is 15.7 Å². The Balaban J connectivity index is 0.00000304. The average Bonchev–Trinajstić information content (AvgIpc) is 3.45. The Hall–Kier alpha value is -3.08. The maximum atomic E-state index is 14.4. The first kappa shape index (κ1) is 26.0. The van der Waals surface area contributed by atoms with Crippen molar-refractivity contribution in [3.05, 3.63) is 76.5 Å². The Labute approximate surface area is 211 Å². The summed E-state index contributed by atoms with van der Waals surface area (Å²) in [6.45, 7) is 4.94. The number of alkyl halides is 3. The summed E-state index contributed by atoms with van der Waals surface area (Å²) >= 11 is 0. The van der Waals surface area contributed by atoms with Crippen LogP contribution in [0.2, 0.25) is 0 Å². The van der Waals surface area contributed by atoms with Crippen LogP contribution in [0.15, 0.2) is 59.5 Å². The van der Waals surface area contributed by atoms with E-state index >= 15 is 0 Å². The molecule has 1 N–H and O–H groups in total. The van der Waals surface area contributed by atoms with Crippen molar-refractivity contribution in [3.8, 4) is 22.6 Å². The minimum absolute atomic E-state index is 0. The molecule has 2 aromatic carbocycles. The highest BCUT2D eigenvalue weighted by Gasteiger charge is 2.31. The molecule has 6 nitrogen and oxygen atoms in total. The summed E-state index contributed by atoms with van der Waals surface area (Å²) < 4.78 is 56.7. The van der Waals surface area contributed by atoms with Gasteiger partial charge in [0, 0.05) is 49.2 Å². The van der Waals surface area contributed by atoms with Crippen molar-refractivity contribution in [1.29, 1.82) is 0 Å². The zero-order valence-electron chi connectivity index (χ0n) is 19.2. The van der Waals surface area contributed by atoms with E-state index in [0.29, 0.717) is 11.8 Å². The lowest BCUT2D eigenvalue weighted by molar-refractivity contribution is -0.274. The number of nitrogens with one attached hydrogen (secondary N) is 1. The van der Waals surface area contributed by atoms with E-state index in [2.05, 4.69) is 20.1 Å². The zero-order valence-corrected chi connectivity index (χ0v) is 20.0. The molecule has 0 bridgehead atoms. The molecule has 0 unspecified atom stereocenters. The predicted molar refractivity (Wildman–Crippen MR) is 131 cm³/mol. The van der Waals surface area contributed by atoms with Crippen LogP contribution in [0.4, 0.5) is 23.2 Å². The number of likely N-dealkylation sites (tertiary alicyclic amines) is 1. The van der Waals surface area contributed by atoms with Gasteiger partial charge in [0.1, 0.15) is 11.6 Å². The van der Waals surface area contributed by atoms with Crippen molar-refractivity contribution in [2.45, 2.75) is 25.7 Å². The maximum absolute atomic E-state index is 14.4. The summed E-state index contributed by atoms with van der Waals surface area (Å²) in [6, 6.07) is 11.4. The summed E-state index contributed by atoms with van der Waals surface area (Å²) in [7, 11) is 0. The normalized spacial score (nSPS) is 15.9. The van der Waals surface area contributed by atoms with Gasteiger partial charge in [0.2, 0.25) is 0 Å². The number of hydrogen-bond donors (Lipinski definition) is 1. The Morgan fingerprint density at radius 2 is 1.75 bits per heavy atom. The first-order chi connectivity index (χ1) is 16.7. The van der Waals surface area contributed by atoms with Gasteiger partial charge in [-0.05, 0) is 73.5 Å². The fourth-order valence-electron chi connectivity index (χ4n) is 4.58. The number of ether oxygens (including phenoxy) is 1. The molecule has 0 saturated carbocycles. The highest BCUT2D eigenvalue weighted by molar-refractivity contribution is 5.85. The van der Waals surface area contributed by atoms with E-state index in [1.807, 2.05) is 18.2 Å². The van der Waals surface area contributed by atoms with Gasteiger partial charge in [-0.15, -0.1) is 25.6 Å². The smallest absolute Gasteiger partial charge is 0.406 e. The largest absolute Gasteiger partial charge is 0.573 e. The van der Waals surface area contributed by atoms with Crippen molar-refractivity contribution in [2.75, 3.05) is 31.6 Å². The van der Waals surface area contributed by atoms with Crippen LogP contribution in [0.1, 0.15) is 18.4 Å². The Bertz CT molecular complexity index is 1290. The van der Waals surface area contributed by atoms with Crippen molar-refractivity contribution in [3.63, 3.8) is 0 Å². The minimum atomic E-state index is -4.91. The lowest BCUT2D eigenvalue weighted by Gasteiger charge is -2.20. The highest BCUT2D eigenvalue weighted by Crippen LogP contribution is 2.30. The molecule has 0 spiro atoms. The molecule has 5 rings (SSSR count). The second kappa shape index (κ2) is 10.5. The lowest BCUT2D eigenvalue weighted by atomic mass is 10.1. The monoisotopic (exact) mass is 524 g/mol. The molecule has 3 heterocycles. The van der Waals surface area contributed by atoms with Gasteiger partial charge in [0.25, 0.3) is 5.56 Å². The fraction of sp³-hybridized carbons (Fsp3) is 0.320. The second-order valence-electron chi connectivity index (χ2n) is 8.74. The molecule has 2 aliphatic heterocycles. The first-order valence-corrected chi connectivity index (χ1v) is 11.4. The van der Waals surface area contributed by atoms with Gasteiger partial charge in [-0.3, -0.25) is 9.36 Å². The topological polar surface area (TPSA) is 49.7 Å². The number of aromatic nitrogens is 1. The zero-order chi connectivity index (χ0) is 24.6. The molecule has 11 heteroatoms. The molecule has 0 aliphatic carbocycles. The van der Waals surface area contributed by atoms with E-state index in [0.717, 1.165) is 56.1 Å². The van der Waals surface area contributed by atoms with Gasteiger partial charge in [0.15, 0.2) is 0 Å². The number of benzene rings is 2. The van der Waals surface area contributed by atoms with E-state index in [1.165, 1.54) is 29.7 Å². The molecule has 192 valence electrons. The third kappa shape index (κ3) is 5.83. The lowest BCUT2D eigenvalue weighted by Crippen LogP contribution is -2.33. The van der Waals surface area contributed by atoms with E-state index in [-0.39, 0.29) is 29.1 Å². The summed E-state index contributed by atoms with van der Waals surface area (Å²) in [5, 5.41) is 2.16. The van der Waals surface area contributed by atoms with Crippen molar-refractivity contribution in [1.82, 2.24) is 14.5 Å². The van der Waals surface area contributed by atoms with Crippen LogP contribution in [0.5, 0.6) is 5.75 Å². The van der Waals surface area contributed by atoms with Gasteiger partial charge >= 0.3 is 6.36 Å². The van der Waals surface area contributed by atoms with Gasteiger partial charge < -0.3 is 15.1 Å². The van der Waals surface area contributed by atoms with Crippen LogP contribution in [-0.2, 0) is 6.54 Å². The summed E-state index contributed by atoms with van der Waals surface area (Å²) in [5.41, 5.74) is 6.05. The number of halogens is 5. The minimum Gasteiger partial charge on any atom is -0.406 e. The summed E-state index contributed by atoms with van der Waals surface area (Å²) in [5.74, 6) is -1.57. The number of fused-ring (bicyclic) bond motifs is 1. The van der Waals surface area contributed by atoms with Crippen LogP contribution in [0.3, 0.4) is 0 Å². The third-order valence-corrected chi connectivity index (χ3v) is 6.30. The van der Waals surface area contributed by atoms with Gasteiger partial charge in [0.05, 0.1) is 5.69 Å². The molecule has 0 radical (unpaired) electrons. The Kier molecular flexibility index (Phi) is 7.58. The van der Waals surface area contributed by atoms with Gasteiger partial charge in [-0.1, -0.05) is 0 Å². The molecule has 36 heavy (non-hydrogen) atoms. The third-order valence-electron chi connectivity index (χ3n) is 6.30. The molecule has 2 aliphatic rings. The molecular formula is C25H25ClF4N4O2. The fourth-order valence-corrected chi connectivity index (χ4v) is 4.58. The summed E-state index contributed by atoms with van der Waals surface area (Å²) in [4.78, 5) is 15.3. The second-order valence-corrected chi connectivity index (χ2v) is 8.74. The average molecular weight is 525 g/mol. The molecule has 1 fully saturated rings. The Morgan fingerprint density at radius 3 is 2.44 bits per heavy atom. The standard InChI is InChI=1S/C25H24F4N4O2.ClH/c26-22-15-20(35-25(27,28)29)4-5-21(22)17-7-10-33(24(34)14-17)19-3-6-23-18(13-19)16-32(30-23)12-11-31-8-1-2-9-31;/h3-7,10,13-15,30H,1-2,8-9,11-12,16H2;1H. The van der Waals surface area contributed by atoms with Crippen molar-refractivity contribution in [2.24, 2.45) is 0 Å². The quantitative estimate of drug-likeness (QED) is 0.449. The number of hydrazine groups is 1. The van der Waals surface area contributed by atoms with Crippen LogP contribution in [0, 0.1) is 5.82 Å². The van der Waals surface area contributed by atoms with Crippen LogP contribution in [0.25, 0.3) is 16.8 Å². The predicted octanol–water partition coefficient (Wildman–Crippen LogP) is 5.20. The van der Waals surface area contributed by atoms with Gasteiger partial charge in [-0.25, -0.2) is 9.40 Å². The van der Waals surface area contributed by atoms with Gasteiger partial charge in [-0.2, -0.15) is 0 Å². The first-order valence-electron chi connectivity index (χ1n) is 11.4. The number of rotatable bonds is 6. The van der Waals surface area contributed by atoms with E-state index in [1.54, 1.807) is 6.07 Å². The maximum Gasteiger partial charge on any atom is 0.573 e. The van der Waals surface area contributed by atoms with E-state index < -0.39 is 17.9 Å². The molecule has 0 amide bonds. The molecular weight excluding hydrogens is 500 g/mol. The van der Waals surface area contributed by atoms with Crippen molar-refractivity contribution >= 4 is 18.1 Å². The highest BCUT2D eigenvalue weighted by atomic mass is 35.5. The Morgan fingerprint density at radius 1 is 0.972 bits per heavy atom. The number of hydrogen-bond acceptors (Lipinski definition) is 5. The van der Waals surface area contributed by atoms with E-state index in [4.69, 9.17) is 0 Å². The SMILES string of the molecule is Cl.O=c1cc(-c2ccc(OC(F)(F)F)cc2F)ccn1-c1ccc2c(c1)CN(CCN1CCCC1)N2. The van der Waals surface area contributed by atoms with Crippen LogP contribution >= 0.6 is 12.4 Å². The van der Waals surface area contributed by atoms with Crippen molar-refractivity contribution < 1.29 is 22.3 Å². The molecule has 1 saturated heterocycles.